The van der Waals surface area contributed by atoms with E-state index in [1.165, 1.54) is 12.1 Å². The van der Waals surface area contributed by atoms with Crippen LogP contribution in [0.1, 0.15) is 24.1 Å². The molecule has 2 aliphatic heterocycles. The molecule has 0 aliphatic carbocycles. The number of fused-ring (bicyclic) bond motifs is 4. The molecule has 0 bridgehead atoms. The Balaban J connectivity index is 1.32. The molecule has 172 valence electrons. The minimum absolute atomic E-state index is 0.126. The highest BCUT2D eigenvalue weighted by atomic mass is 19.4. The molecule has 2 aliphatic rings. The van der Waals surface area contributed by atoms with Crippen molar-refractivity contribution in [2.75, 3.05) is 30.8 Å². The van der Waals surface area contributed by atoms with Crippen LogP contribution in [0.25, 0.3) is 5.69 Å². The number of carbonyl (C=O) groups is 1. The van der Waals surface area contributed by atoms with E-state index in [4.69, 9.17) is 4.74 Å². The maximum atomic E-state index is 13.0. The molecule has 0 saturated carbocycles. The van der Waals surface area contributed by atoms with Crippen LogP contribution in [0.3, 0.4) is 0 Å². The third-order valence-electron chi connectivity index (χ3n) is 6.42. The van der Waals surface area contributed by atoms with Gasteiger partial charge in [-0.15, -0.1) is 0 Å². The van der Waals surface area contributed by atoms with Crippen LogP contribution >= 0.6 is 0 Å². The van der Waals surface area contributed by atoms with E-state index in [9.17, 15) is 18.0 Å². The summed E-state index contributed by atoms with van der Waals surface area (Å²) in [6.07, 6.45) is -1.12. The van der Waals surface area contributed by atoms with Crippen molar-refractivity contribution in [3.05, 3.63) is 72.1 Å². The molecule has 1 aromatic heterocycles. The standard InChI is InChI=1S/C24H23F3N4O2/c1-33-18-7-8-20-19(15-18)29-23(21-6-3-11-31(20)21)9-12-30(13-10-23)22(32)28-17-5-2-4-16(14-17)24(25,26)27/h2-8,11,14-15,29H,9-10,12-13H2,1H3,(H,28,32). The largest absolute Gasteiger partial charge is 0.497 e. The maximum absolute atomic E-state index is 13.0. The number of urea groups is 1. The van der Waals surface area contributed by atoms with Gasteiger partial charge in [0.2, 0.25) is 0 Å². The number of amides is 2. The van der Waals surface area contributed by atoms with Crippen molar-refractivity contribution in [3.63, 3.8) is 0 Å². The molecule has 2 amide bonds. The number of piperidine rings is 1. The molecule has 2 N–H and O–H groups in total. The van der Waals surface area contributed by atoms with Gasteiger partial charge in [-0.05, 0) is 55.3 Å². The van der Waals surface area contributed by atoms with Crippen LogP contribution < -0.4 is 15.4 Å². The van der Waals surface area contributed by atoms with Crippen LogP contribution in [-0.2, 0) is 11.7 Å². The first kappa shape index (κ1) is 21.2. The van der Waals surface area contributed by atoms with Gasteiger partial charge in [-0.25, -0.2) is 4.79 Å². The number of nitrogens with one attached hydrogen (secondary N) is 2. The molecule has 5 rings (SSSR count). The summed E-state index contributed by atoms with van der Waals surface area (Å²) in [5.74, 6) is 0.755. The van der Waals surface area contributed by atoms with E-state index in [-0.39, 0.29) is 11.2 Å². The van der Waals surface area contributed by atoms with Crippen molar-refractivity contribution in [2.45, 2.75) is 24.6 Å². The second kappa shape index (κ2) is 7.75. The normalized spacial score (nSPS) is 16.5. The molecule has 1 saturated heterocycles. The summed E-state index contributed by atoms with van der Waals surface area (Å²) in [4.78, 5) is 14.4. The molecule has 3 heterocycles. The van der Waals surface area contributed by atoms with Crippen molar-refractivity contribution in [2.24, 2.45) is 0 Å². The number of likely N-dealkylation sites (tertiary alicyclic amines) is 1. The van der Waals surface area contributed by atoms with Gasteiger partial charge in [0.05, 0.1) is 29.6 Å². The first-order valence-electron chi connectivity index (χ1n) is 10.7. The van der Waals surface area contributed by atoms with E-state index in [0.29, 0.717) is 25.9 Å². The third kappa shape index (κ3) is 3.77. The smallest absolute Gasteiger partial charge is 0.416 e. The lowest BCUT2D eigenvalue weighted by Gasteiger charge is -2.46. The molecule has 1 fully saturated rings. The first-order valence-corrected chi connectivity index (χ1v) is 10.7. The van der Waals surface area contributed by atoms with E-state index < -0.39 is 17.8 Å². The van der Waals surface area contributed by atoms with Crippen molar-refractivity contribution in [1.29, 1.82) is 0 Å². The van der Waals surface area contributed by atoms with Crippen LogP contribution in [-0.4, -0.2) is 35.7 Å². The molecule has 33 heavy (non-hydrogen) atoms. The van der Waals surface area contributed by atoms with Gasteiger partial charge in [0.25, 0.3) is 0 Å². The maximum Gasteiger partial charge on any atom is 0.416 e. The van der Waals surface area contributed by atoms with Crippen LogP contribution in [0.15, 0.2) is 60.8 Å². The number of halogens is 3. The van der Waals surface area contributed by atoms with Crippen molar-refractivity contribution < 1.29 is 22.7 Å². The molecule has 1 spiro atoms. The van der Waals surface area contributed by atoms with E-state index in [1.807, 2.05) is 30.5 Å². The number of methoxy groups -OCH3 is 1. The summed E-state index contributed by atoms with van der Waals surface area (Å²) in [5, 5.41) is 6.28. The monoisotopic (exact) mass is 456 g/mol. The van der Waals surface area contributed by atoms with E-state index in [1.54, 1.807) is 12.0 Å². The number of rotatable bonds is 2. The third-order valence-corrected chi connectivity index (χ3v) is 6.42. The fraction of sp³-hybridized carbons (Fsp3) is 0.292. The molecule has 9 heteroatoms. The van der Waals surface area contributed by atoms with Crippen LogP contribution in [0.5, 0.6) is 5.75 Å². The summed E-state index contributed by atoms with van der Waals surface area (Å²) in [5.41, 5.74) is 2.10. The molecule has 3 aromatic rings. The minimum Gasteiger partial charge on any atom is -0.497 e. The fourth-order valence-corrected chi connectivity index (χ4v) is 4.70. The Hall–Kier alpha value is -3.62. The summed E-state index contributed by atoms with van der Waals surface area (Å²) in [7, 11) is 1.63. The van der Waals surface area contributed by atoms with Gasteiger partial charge in [-0.2, -0.15) is 13.2 Å². The number of ether oxygens (including phenoxy) is 1. The second-order valence-electron chi connectivity index (χ2n) is 8.35. The van der Waals surface area contributed by atoms with Gasteiger partial charge in [-0.3, -0.25) is 0 Å². The number of nitrogens with zero attached hydrogens (tertiary/aromatic N) is 2. The molecule has 0 atom stereocenters. The number of anilines is 2. The van der Waals surface area contributed by atoms with Crippen molar-refractivity contribution in [1.82, 2.24) is 9.47 Å². The zero-order valence-electron chi connectivity index (χ0n) is 17.9. The van der Waals surface area contributed by atoms with Crippen molar-refractivity contribution >= 4 is 17.4 Å². The minimum atomic E-state index is -4.46. The zero-order chi connectivity index (χ0) is 23.2. The van der Waals surface area contributed by atoms with Gasteiger partial charge in [-0.1, -0.05) is 6.07 Å². The van der Waals surface area contributed by atoms with Crippen molar-refractivity contribution in [3.8, 4) is 11.4 Å². The average Bonchev–Trinajstić information content (AvgIpc) is 3.30. The molecule has 6 nitrogen and oxygen atoms in total. The summed E-state index contributed by atoms with van der Waals surface area (Å²) < 4.78 is 46.4. The van der Waals surface area contributed by atoms with Gasteiger partial charge < -0.3 is 24.8 Å². The fourth-order valence-electron chi connectivity index (χ4n) is 4.70. The summed E-state index contributed by atoms with van der Waals surface area (Å²) >= 11 is 0. The van der Waals surface area contributed by atoms with Crippen LogP contribution in [0, 0.1) is 0 Å². The lowest BCUT2D eigenvalue weighted by atomic mass is 9.82. The van der Waals surface area contributed by atoms with Crippen LogP contribution in [0.4, 0.5) is 29.3 Å². The number of aromatic nitrogens is 1. The first-order chi connectivity index (χ1) is 15.8. The summed E-state index contributed by atoms with van der Waals surface area (Å²) in [6, 6.07) is 14.3. The van der Waals surface area contributed by atoms with E-state index in [2.05, 4.69) is 21.3 Å². The number of carbonyl (C=O) groups excluding carboxylic acids is 1. The zero-order valence-corrected chi connectivity index (χ0v) is 17.9. The Bertz CT molecular complexity index is 1200. The highest BCUT2D eigenvalue weighted by molar-refractivity contribution is 5.89. The predicted octanol–water partition coefficient (Wildman–Crippen LogP) is 5.45. The molecule has 0 unspecified atom stereocenters. The quantitative estimate of drug-likeness (QED) is 0.539. The highest BCUT2D eigenvalue weighted by Crippen LogP contribution is 2.44. The molecule has 2 aromatic carbocycles. The highest BCUT2D eigenvalue weighted by Gasteiger charge is 2.42. The lowest BCUT2D eigenvalue weighted by Crippen LogP contribution is -2.51. The Labute approximate surface area is 189 Å². The molecular weight excluding hydrogens is 433 g/mol. The van der Waals surface area contributed by atoms with E-state index in [0.717, 1.165) is 35.0 Å². The number of hydrogen-bond donors (Lipinski definition) is 2. The van der Waals surface area contributed by atoms with Gasteiger partial charge >= 0.3 is 12.2 Å². The predicted molar refractivity (Wildman–Crippen MR) is 119 cm³/mol. The topological polar surface area (TPSA) is 58.5 Å². The summed E-state index contributed by atoms with van der Waals surface area (Å²) in [6.45, 7) is 0.921. The Kier molecular flexibility index (Phi) is 4.99. The number of benzene rings is 2. The SMILES string of the molecule is COc1ccc2c(c1)NC1(CCN(C(=O)Nc3cccc(C(F)(F)F)c3)CC1)c1cccn1-2. The number of alkyl halides is 3. The second-order valence-corrected chi connectivity index (χ2v) is 8.35. The molecule has 0 radical (unpaired) electrons. The Morgan fingerprint density at radius 3 is 2.61 bits per heavy atom. The average molecular weight is 456 g/mol. The van der Waals surface area contributed by atoms with Gasteiger partial charge in [0.1, 0.15) is 5.75 Å². The Morgan fingerprint density at radius 1 is 1.09 bits per heavy atom. The van der Waals surface area contributed by atoms with E-state index >= 15 is 0 Å². The lowest BCUT2D eigenvalue weighted by molar-refractivity contribution is -0.137. The number of hydrogen-bond acceptors (Lipinski definition) is 3. The van der Waals surface area contributed by atoms with Crippen LogP contribution in [0.2, 0.25) is 0 Å². The Morgan fingerprint density at radius 2 is 1.88 bits per heavy atom. The molecular formula is C24H23F3N4O2. The van der Waals surface area contributed by atoms with Gasteiger partial charge in [0.15, 0.2) is 0 Å². The van der Waals surface area contributed by atoms with Gasteiger partial charge in [0, 0.05) is 36.7 Å².